The molecular weight excluding hydrogens is 385 g/mol. The fourth-order valence-electron chi connectivity index (χ4n) is 3.55. The molecule has 1 unspecified atom stereocenters. The van der Waals surface area contributed by atoms with Gasteiger partial charge >= 0.3 is 0 Å². The molecule has 0 fully saturated rings. The van der Waals surface area contributed by atoms with Gasteiger partial charge in [0.05, 0.1) is 13.0 Å². The quantitative estimate of drug-likeness (QED) is 0.581. The number of amides is 2. The molecule has 0 bridgehead atoms. The van der Waals surface area contributed by atoms with Gasteiger partial charge in [0.15, 0.2) is 0 Å². The van der Waals surface area contributed by atoms with E-state index in [1.807, 2.05) is 55.8 Å². The summed E-state index contributed by atoms with van der Waals surface area (Å²) in [5.41, 5.74) is 7.18. The number of phenolic OH excluding ortho intramolecular Hbond substituents is 1. The summed E-state index contributed by atoms with van der Waals surface area (Å²) >= 11 is 0. The first kappa shape index (κ1) is 21.4. The van der Waals surface area contributed by atoms with E-state index < -0.39 is 23.2 Å². The summed E-state index contributed by atoms with van der Waals surface area (Å²) in [6, 6.07) is 10.7. The molecule has 158 valence electrons. The number of primary amides is 1. The van der Waals surface area contributed by atoms with Crippen LogP contribution in [0.15, 0.2) is 48.7 Å². The van der Waals surface area contributed by atoms with Crippen molar-refractivity contribution in [2.24, 2.45) is 11.1 Å². The molecule has 2 amide bonds. The monoisotopic (exact) mass is 411 g/mol. The minimum atomic E-state index is -0.783. The van der Waals surface area contributed by atoms with Crippen LogP contribution in [-0.4, -0.2) is 27.5 Å². The Kier molecular flexibility index (Phi) is 5.82. The molecule has 0 spiro atoms. The average molecular weight is 411 g/mol. The number of aromatic nitrogens is 1. The third-order valence-corrected chi connectivity index (χ3v) is 5.07. The minimum Gasteiger partial charge on any atom is -0.507 e. The van der Waals surface area contributed by atoms with Crippen molar-refractivity contribution in [1.82, 2.24) is 9.88 Å². The van der Waals surface area contributed by atoms with Crippen molar-refractivity contribution in [1.29, 1.82) is 0 Å². The average Bonchev–Trinajstić information content (AvgIpc) is 2.98. The van der Waals surface area contributed by atoms with E-state index in [4.69, 9.17) is 5.73 Å². The van der Waals surface area contributed by atoms with Crippen LogP contribution in [0.1, 0.15) is 31.9 Å². The number of rotatable bonds is 6. The maximum Gasteiger partial charge on any atom is 0.240 e. The maximum absolute atomic E-state index is 13.3. The molecular formula is C23H26FN3O3. The molecule has 0 saturated heterocycles. The van der Waals surface area contributed by atoms with E-state index in [1.165, 1.54) is 12.1 Å². The van der Waals surface area contributed by atoms with Gasteiger partial charge in [-0.25, -0.2) is 4.39 Å². The van der Waals surface area contributed by atoms with Crippen LogP contribution in [0.2, 0.25) is 0 Å². The molecule has 4 N–H and O–H groups in total. The second kappa shape index (κ2) is 8.18. The van der Waals surface area contributed by atoms with Crippen LogP contribution < -0.4 is 11.1 Å². The Morgan fingerprint density at radius 1 is 1.17 bits per heavy atom. The lowest BCUT2D eigenvalue weighted by Crippen LogP contribution is -2.52. The zero-order chi connectivity index (χ0) is 22.1. The lowest BCUT2D eigenvalue weighted by molar-refractivity contribution is -0.129. The molecule has 7 heteroatoms. The number of hydrogen-bond acceptors (Lipinski definition) is 3. The number of aromatic hydroxyl groups is 1. The fraction of sp³-hybridized carbons (Fsp3) is 0.304. The first-order valence-corrected chi connectivity index (χ1v) is 9.69. The zero-order valence-corrected chi connectivity index (χ0v) is 17.3. The number of halogens is 1. The topological polar surface area (TPSA) is 97.3 Å². The van der Waals surface area contributed by atoms with Crippen molar-refractivity contribution in [2.45, 2.75) is 39.8 Å². The Morgan fingerprint density at radius 3 is 2.50 bits per heavy atom. The van der Waals surface area contributed by atoms with Gasteiger partial charge in [-0.3, -0.25) is 9.59 Å². The standard InChI is InChI=1S/C23H26FN3O3/c1-23(2,3)21(22(25)30)26-20(29)10-15-13-27(18-7-5-4-6-17(15)18)12-14-8-9-16(24)11-19(14)28/h4-9,11,13,21,28H,10,12H2,1-3H3,(H2,25,30)(H,26,29). The Morgan fingerprint density at radius 2 is 1.87 bits per heavy atom. The maximum atomic E-state index is 13.3. The molecule has 3 aromatic rings. The van der Waals surface area contributed by atoms with E-state index in [0.29, 0.717) is 12.1 Å². The normalized spacial score (nSPS) is 12.7. The van der Waals surface area contributed by atoms with Crippen LogP contribution in [0.4, 0.5) is 4.39 Å². The van der Waals surface area contributed by atoms with Crippen molar-refractivity contribution < 1.29 is 19.1 Å². The molecule has 6 nitrogen and oxygen atoms in total. The summed E-state index contributed by atoms with van der Waals surface area (Å²) in [4.78, 5) is 24.4. The first-order chi connectivity index (χ1) is 14.1. The molecule has 0 aliphatic carbocycles. The van der Waals surface area contributed by atoms with Crippen molar-refractivity contribution in [3.63, 3.8) is 0 Å². The number of para-hydroxylation sites is 1. The number of phenols is 1. The van der Waals surface area contributed by atoms with Crippen LogP contribution in [0.5, 0.6) is 5.75 Å². The highest BCUT2D eigenvalue weighted by molar-refractivity contribution is 5.92. The SMILES string of the molecule is CC(C)(C)C(NC(=O)Cc1cn(Cc2ccc(F)cc2O)c2ccccc12)C(N)=O. The third-order valence-electron chi connectivity index (χ3n) is 5.07. The predicted molar refractivity (Wildman–Crippen MR) is 113 cm³/mol. The van der Waals surface area contributed by atoms with Gasteiger partial charge in [0.2, 0.25) is 11.8 Å². The Balaban J connectivity index is 1.88. The number of carbonyl (C=O) groups is 2. The third kappa shape index (κ3) is 4.62. The van der Waals surface area contributed by atoms with Crippen LogP contribution >= 0.6 is 0 Å². The second-order valence-electron chi connectivity index (χ2n) is 8.52. The highest BCUT2D eigenvalue weighted by Gasteiger charge is 2.31. The fourth-order valence-corrected chi connectivity index (χ4v) is 3.55. The molecule has 2 aromatic carbocycles. The van der Waals surface area contributed by atoms with Gasteiger partial charge in [0.1, 0.15) is 17.6 Å². The number of carbonyl (C=O) groups excluding carboxylic acids is 2. The Hall–Kier alpha value is -3.35. The van der Waals surface area contributed by atoms with Crippen LogP contribution in [-0.2, 0) is 22.6 Å². The van der Waals surface area contributed by atoms with Gasteiger partial charge < -0.3 is 20.7 Å². The van der Waals surface area contributed by atoms with Crippen LogP contribution in [0.25, 0.3) is 10.9 Å². The highest BCUT2D eigenvalue weighted by Crippen LogP contribution is 2.26. The lowest BCUT2D eigenvalue weighted by atomic mass is 9.86. The predicted octanol–water partition coefficient (Wildman–Crippen LogP) is 3.09. The summed E-state index contributed by atoms with van der Waals surface area (Å²) in [5.74, 6) is -1.51. The van der Waals surface area contributed by atoms with Crippen molar-refractivity contribution in [2.75, 3.05) is 0 Å². The molecule has 30 heavy (non-hydrogen) atoms. The number of nitrogens with zero attached hydrogens (tertiary/aromatic N) is 1. The summed E-state index contributed by atoms with van der Waals surface area (Å²) in [6.07, 6.45) is 1.91. The van der Waals surface area contributed by atoms with E-state index in [1.54, 1.807) is 0 Å². The van der Waals surface area contributed by atoms with Crippen molar-refractivity contribution >= 4 is 22.7 Å². The van der Waals surface area contributed by atoms with E-state index in [-0.39, 0.29) is 18.1 Å². The number of fused-ring (bicyclic) bond motifs is 1. The number of hydrogen-bond donors (Lipinski definition) is 3. The first-order valence-electron chi connectivity index (χ1n) is 9.69. The largest absolute Gasteiger partial charge is 0.507 e. The van der Waals surface area contributed by atoms with Gasteiger partial charge in [-0.05, 0) is 23.1 Å². The van der Waals surface area contributed by atoms with E-state index in [0.717, 1.165) is 22.5 Å². The Bertz CT molecular complexity index is 1100. The lowest BCUT2D eigenvalue weighted by Gasteiger charge is -2.28. The van der Waals surface area contributed by atoms with Crippen molar-refractivity contribution in [3.8, 4) is 5.75 Å². The molecule has 1 heterocycles. The summed E-state index contributed by atoms with van der Waals surface area (Å²) in [7, 11) is 0. The van der Waals surface area contributed by atoms with E-state index in [2.05, 4.69) is 5.32 Å². The second-order valence-corrected chi connectivity index (χ2v) is 8.52. The van der Waals surface area contributed by atoms with Crippen molar-refractivity contribution in [3.05, 3.63) is 65.6 Å². The van der Waals surface area contributed by atoms with Crippen LogP contribution in [0.3, 0.4) is 0 Å². The number of nitrogens with one attached hydrogen (secondary N) is 1. The Labute approximate surface area is 174 Å². The molecule has 0 saturated carbocycles. The molecule has 1 atom stereocenters. The van der Waals surface area contributed by atoms with E-state index >= 15 is 0 Å². The zero-order valence-electron chi connectivity index (χ0n) is 17.3. The molecule has 0 aliphatic rings. The summed E-state index contributed by atoms with van der Waals surface area (Å²) in [5, 5.41) is 13.7. The molecule has 0 aliphatic heterocycles. The highest BCUT2D eigenvalue weighted by atomic mass is 19.1. The molecule has 3 rings (SSSR count). The number of nitrogens with two attached hydrogens (primary N) is 1. The molecule has 0 radical (unpaired) electrons. The summed E-state index contributed by atoms with van der Waals surface area (Å²) < 4.78 is 15.2. The molecule has 1 aromatic heterocycles. The van der Waals surface area contributed by atoms with Gasteiger partial charge in [0.25, 0.3) is 0 Å². The van der Waals surface area contributed by atoms with Gasteiger partial charge in [0, 0.05) is 28.7 Å². The van der Waals surface area contributed by atoms with E-state index in [9.17, 15) is 19.1 Å². The van der Waals surface area contributed by atoms with Gasteiger partial charge in [-0.15, -0.1) is 0 Å². The van der Waals surface area contributed by atoms with Gasteiger partial charge in [-0.1, -0.05) is 45.0 Å². The number of benzene rings is 2. The van der Waals surface area contributed by atoms with Gasteiger partial charge in [-0.2, -0.15) is 0 Å². The minimum absolute atomic E-state index is 0.0722. The summed E-state index contributed by atoms with van der Waals surface area (Å²) in [6.45, 7) is 5.83. The van der Waals surface area contributed by atoms with Crippen LogP contribution in [0, 0.1) is 11.2 Å². The smallest absolute Gasteiger partial charge is 0.240 e.